The smallest absolute Gasteiger partial charge is 0.148 e. The van der Waals surface area contributed by atoms with Crippen molar-refractivity contribution in [1.82, 2.24) is 9.80 Å². The number of benzene rings is 1. The van der Waals surface area contributed by atoms with Gasteiger partial charge >= 0.3 is 0 Å². The van der Waals surface area contributed by atoms with E-state index in [1.807, 2.05) is 30.3 Å². The average molecular weight is 326 g/mol. The molecule has 2 unspecified atom stereocenters. The Balaban J connectivity index is 1.83. The second-order valence-electron chi connectivity index (χ2n) is 6.20. The van der Waals surface area contributed by atoms with E-state index in [9.17, 15) is 13.5 Å². The number of hydrogen-bond acceptors (Lipinski definition) is 5. The van der Waals surface area contributed by atoms with Gasteiger partial charge in [-0.2, -0.15) is 0 Å². The van der Waals surface area contributed by atoms with Gasteiger partial charge in [-0.15, -0.1) is 0 Å². The van der Waals surface area contributed by atoms with Crippen LogP contribution in [0.15, 0.2) is 30.3 Å². The summed E-state index contributed by atoms with van der Waals surface area (Å²) in [5, 5.41) is 10.3. The van der Waals surface area contributed by atoms with Crippen LogP contribution in [-0.4, -0.2) is 74.1 Å². The number of hydrogen-bond donors (Lipinski definition) is 1. The summed E-state index contributed by atoms with van der Waals surface area (Å²) in [7, 11) is -2.90. The average Bonchev–Trinajstić information content (AvgIpc) is 2.47. The number of β-amino-alcohol motifs (C(OH)–C–C–N with tert-alkyl or cyclic N) is 1. The van der Waals surface area contributed by atoms with Gasteiger partial charge in [0.05, 0.1) is 11.9 Å². The van der Waals surface area contributed by atoms with E-state index in [1.165, 1.54) is 6.26 Å². The summed E-state index contributed by atoms with van der Waals surface area (Å²) < 4.78 is 22.5. The summed E-state index contributed by atoms with van der Waals surface area (Å²) in [5.74, 6) is 0.215. The van der Waals surface area contributed by atoms with Crippen molar-refractivity contribution in [2.45, 2.75) is 19.1 Å². The molecule has 1 aromatic rings. The summed E-state index contributed by atoms with van der Waals surface area (Å²) in [6.45, 7) is 5.89. The second-order valence-corrected chi connectivity index (χ2v) is 8.46. The minimum Gasteiger partial charge on any atom is -0.387 e. The van der Waals surface area contributed by atoms with E-state index in [0.717, 1.165) is 25.2 Å². The van der Waals surface area contributed by atoms with Gasteiger partial charge in [0.2, 0.25) is 0 Å². The van der Waals surface area contributed by atoms with Crippen LogP contribution in [0.25, 0.3) is 0 Å². The van der Waals surface area contributed by atoms with Gasteiger partial charge in [0.1, 0.15) is 9.84 Å². The van der Waals surface area contributed by atoms with Gasteiger partial charge in [0.25, 0.3) is 0 Å². The van der Waals surface area contributed by atoms with Crippen molar-refractivity contribution < 1.29 is 13.5 Å². The summed E-state index contributed by atoms with van der Waals surface area (Å²) >= 11 is 0. The third-order valence-corrected chi connectivity index (χ3v) is 5.14. The fourth-order valence-corrected chi connectivity index (χ4v) is 3.43. The molecular formula is C16H26N2O3S. The predicted molar refractivity (Wildman–Crippen MR) is 88.6 cm³/mol. The lowest BCUT2D eigenvalue weighted by atomic mass is 10.1. The molecule has 6 heteroatoms. The SMILES string of the molecule is CC1CN(CCS(C)(=O)=O)CCN1CC(O)c1ccccc1. The first-order valence-corrected chi connectivity index (χ1v) is 9.78. The van der Waals surface area contributed by atoms with Crippen LogP contribution in [0.1, 0.15) is 18.6 Å². The highest BCUT2D eigenvalue weighted by atomic mass is 32.2. The summed E-state index contributed by atoms with van der Waals surface area (Å²) in [5.41, 5.74) is 0.939. The maximum atomic E-state index is 11.3. The van der Waals surface area contributed by atoms with E-state index >= 15 is 0 Å². The Morgan fingerprint density at radius 1 is 1.27 bits per heavy atom. The fraction of sp³-hybridized carbons (Fsp3) is 0.625. The van der Waals surface area contributed by atoms with Crippen molar-refractivity contribution in [3.8, 4) is 0 Å². The zero-order chi connectivity index (χ0) is 16.2. The van der Waals surface area contributed by atoms with Crippen molar-refractivity contribution in [2.24, 2.45) is 0 Å². The molecule has 2 rings (SSSR count). The van der Waals surface area contributed by atoms with E-state index in [2.05, 4.69) is 16.7 Å². The molecule has 22 heavy (non-hydrogen) atoms. The summed E-state index contributed by atoms with van der Waals surface area (Å²) in [6.07, 6.45) is 0.800. The molecule has 1 aromatic carbocycles. The lowest BCUT2D eigenvalue weighted by molar-refractivity contribution is 0.0410. The van der Waals surface area contributed by atoms with Gasteiger partial charge in [0, 0.05) is 45.0 Å². The molecule has 0 saturated carbocycles. The van der Waals surface area contributed by atoms with Crippen LogP contribution in [0, 0.1) is 0 Å². The van der Waals surface area contributed by atoms with Gasteiger partial charge in [-0.25, -0.2) is 8.42 Å². The normalized spacial score (nSPS) is 22.6. The van der Waals surface area contributed by atoms with Gasteiger partial charge in [-0.05, 0) is 12.5 Å². The zero-order valence-electron chi connectivity index (χ0n) is 13.4. The highest BCUT2D eigenvalue weighted by molar-refractivity contribution is 7.90. The molecule has 0 spiro atoms. The van der Waals surface area contributed by atoms with Crippen LogP contribution in [-0.2, 0) is 9.84 Å². The largest absolute Gasteiger partial charge is 0.387 e. The molecule has 1 N–H and O–H groups in total. The molecule has 1 aliphatic heterocycles. The molecular weight excluding hydrogens is 300 g/mol. The Hall–Kier alpha value is -0.950. The van der Waals surface area contributed by atoms with Crippen LogP contribution in [0.3, 0.4) is 0 Å². The minimum absolute atomic E-state index is 0.215. The highest BCUT2D eigenvalue weighted by Gasteiger charge is 2.25. The first kappa shape index (κ1) is 17.4. The molecule has 1 aliphatic rings. The van der Waals surface area contributed by atoms with Crippen molar-refractivity contribution in [3.63, 3.8) is 0 Å². The Labute approximate surface area is 133 Å². The lowest BCUT2D eigenvalue weighted by Crippen LogP contribution is -2.53. The highest BCUT2D eigenvalue weighted by Crippen LogP contribution is 2.17. The number of piperazine rings is 1. The van der Waals surface area contributed by atoms with E-state index in [0.29, 0.717) is 19.1 Å². The van der Waals surface area contributed by atoms with E-state index in [4.69, 9.17) is 0 Å². The van der Waals surface area contributed by atoms with E-state index < -0.39 is 15.9 Å². The van der Waals surface area contributed by atoms with Crippen LogP contribution < -0.4 is 0 Å². The fourth-order valence-electron chi connectivity index (χ4n) is 2.84. The van der Waals surface area contributed by atoms with Crippen molar-refractivity contribution in [2.75, 3.05) is 44.7 Å². The first-order chi connectivity index (χ1) is 10.3. The standard InChI is InChI=1S/C16H26N2O3S/c1-14-12-17(10-11-22(2,20)21)8-9-18(14)13-16(19)15-6-4-3-5-7-15/h3-7,14,16,19H,8-13H2,1-2H3. The molecule has 0 radical (unpaired) electrons. The van der Waals surface area contributed by atoms with Gasteiger partial charge in [-0.1, -0.05) is 30.3 Å². The topological polar surface area (TPSA) is 60.9 Å². The quantitative estimate of drug-likeness (QED) is 0.837. The molecule has 1 fully saturated rings. The third-order valence-electron chi connectivity index (χ3n) is 4.22. The van der Waals surface area contributed by atoms with Crippen molar-refractivity contribution in [3.05, 3.63) is 35.9 Å². The van der Waals surface area contributed by atoms with E-state index in [1.54, 1.807) is 0 Å². The maximum absolute atomic E-state index is 11.3. The van der Waals surface area contributed by atoms with Gasteiger partial charge in [-0.3, -0.25) is 9.80 Å². The Kier molecular flexibility index (Phi) is 5.97. The molecule has 5 nitrogen and oxygen atoms in total. The number of rotatable bonds is 6. The number of nitrogens with zero attached hydrogens (tertiary/aromatic N) is 2. The molecule has 124 valence electrons. The predicted octanol–water partition coefficient (Wildman–Crippen LogP) is 0.771. The zero-order valence-corrected chi connectivity index (χ0v) is 14.2. The molecule has 0 bridgehead atoms. The Bertz CT molecular complexity index is 562. The van der Waals surface area contributed by atoms with Crippen molar-refractivity contribution in [1.29, 1.82) is 0 Å². The minimum atomic E-state index is -2.90. The monoisotopic (exact) mass is 326 g/mol. The van der Waals surface area contributed by atoms with Crippen LogP contribution in [0.4, 0.5) is 0 Å². The molecule has 0 amide bonds. The number of sulfone groups is 1. The molecule has 1 heterocycles. The van der Waals surface area contributed by atoms with Crippen LogP contribution in [0.5, 0.6) is 0 Å². The van der Waals surface area contributed by atoms with Crippen molar-refractivity contribution >= 4 is 9.84 Å². The summed E-state index contributed by atoms with van der Waals surface area (Å²) in [6, 6.07) is 10.0. The van der Waals surface area contributed by atoms with E-state index in [-0.39, 0.29) is 5.75 Å². The molecule has 0 aromatic heterocycles. The Morgan fingerprint density at radius 3 is 2.55 bits per heavy atom. The number of aliphatic hydroxyl groups is 1. The molecule has 1 saturated heterocycles. The molecule has 0 aliphatic carbocycles. The second kappa shape index (κ2) is 7.55. The van der Waals surface area contributed by atoms with Gasteiger partial charge < -0.3 is 5.11 Å². The lowest BCUT2D eigenvalue weighted by Gasteiger charge is -2.40. The Morgan fingerprint density at radius 2 is 1.95 bits per heavy atom. The first-order valence-electron chi connectivity index (χ1n) is 7.72. The third kappa shape index (κ3) is 5.35. The maximum Gasteiger partial charge on any atom is 0.148 e. The number of aliphatic hydroxyl groups excluding tert-OH is 1. The van der Waals surface area contributed by atoms with Crippen LogP contribution in [0.2, 0.25) is 0 Å². The van der Waals surface area contributed by atoms with Gasteiger partial charge in [0.15, 0.2) is 0 Å². The van der Waals surface area contributed by atoms with Crippen LogP contribution >= 0.6 is 0 Å². The summed E-state index contributed by atoms with van der Waals surface area (Å²) in [4.78, 5) is 4.46. The molecule has 2 atom stereocenters.